The highest BCUT2D eigenvalue weighted by Gasteiger charge is 2.52. The minimum absolute atomic E-state index is 0.408. The molecule has 5 aromatic carbocycles. The summed E-state index contributed by atoms with van der Waals surface area (Å²) in [6.45, 7) is -1.32. The summed E-state index contributed by atoms with van der Waals surface area (Å²) in [4.78, 5) is 70.7. The number of hydrogen-bond donors (Lipinski definition) is 15. The molecular formula is C42H28O25. The van der Waals surface area contributed by atoms with E-state index in [0.717, 1.165) is 0 Å². The Bertz CT molecular complexity index is 3150. The van der Waals surface area contributed by atoms with Gasteiger partial charge in [-0.05, 0) is 18.2 Å². The Labute approximate surface area is 368 Å². The normalized spacial score (nSPS) is 20.7. The van der Waals surface area contributed by atoms with Gasteiger partial charge in [-0.1, -0.05) is 0 Å². The molecule has 4 aliphatic heterocycles. The van der Waals surface area contributed by atoms with E-state index in [-0.39, 0.29) is 0 Å². The number of fused-ring (bicyclic) bond motifs is 9. The number of aliphatic hydroxyl groups is 2. The lowest BCUT2D eigenvalue weighted by molar-refractivity contribution is -0.118. The highest BCUT2D eigenvalue weighted by Crippen LogP contribution is 2.60. The standard InChI is InChI=1S/C42H28O25/c43-12-4-10(35-31(56)23-22(42(62)66-35)21(29(54)32(57)30(23)55)18-7(12)1-13(44)24(49)27(18)52)34-17(48)6-63-39(59)9-3-16(47)37-38(67-41(61)11-5-15(46)26(51)33(58)36(11)64-37)20(9)19-8(40(60)65-34)2-14(45)25(50)28(19)53/h1-3,5,10,17,31,34-35,44-58H,4,6H2/t10-,17-,31+,34-,35-/m0/s1. The number of phenols is 13. The molecule has 25 heteroatoms. The first kappa shape index (κ1) is 43.0. The Morgan fingerprint density at radius 1 is 0.418 bits per heavy atom. The third kappa shape index (κ3) is 6.05. The molecule has 0 spiro atoms. The van der Waals surface area contributed by atoms with Crippen LogP contribution in [0.1, 0.15) is 69.9 Å². The predicted molar refractivity (Wildman–Crippen MR) is 209 cm³/mol. The average molecular weight is 933 g/mol. The number of carbonyl (C=O) groups excluding carboxylic acids is 5. The molecule has 25 nitrogen and oxygen atoms in total. The second kappa shape index (κ2) is 14.7. The molecule has 1 aliphatic carbocycles. The zero-order valence-corrected chi connectivity index (χ0v) is 32.9. The number of carbonyl (C=O) groups is 5. The third-order valence-corrected chi connectivity index (χ3v) is 11.6. The van der Waals surface area contributed by atoms with Gasteiger partial charge in [0.25, 0.3) is 0 Å². The molecule has 5 aromatic rings. The predicted octanol–water partition coefficient (Wildman–Crippen LogP) is 2.05. The minimum atomic E-state index is -2.43. The molecule has 10 rings (SSSR count). The van der Waals surface area contributed by atoms with Gasteiger partial charge in [-0.15, -0.1) is 0 Å². The van der Waals surface area contributed by atoms with Crippen LogP contribution in [0, 0.1) is 5.92 Å². The van der Waals surface area contributed by atoms with E-state index in [2.05, 4.69) is 0 Å². The van der Waals surface area contributed by atoms with Crippen LogP contribution < -0.4 is 9.47 Å². The Kier molecular flexibility index (Phi) is 9.41. The van der Waals surface area contributed by atoms with Gasteiger partial charge in [0, 0.05) is 51.8 Å². The van der Waals surface area contributed by atoms with Gasteiger partial charge in [-0.25, -0.2) is 19.2 Å². The number of rotatable bonds is 1. The topological polar surface area (TPSA) is 435 Å². The maximum absolute atomic E-state index is 14.6. The smallest absolute Gasteiger partial charge is 0.347 e. The minimum Gasteiger partial charge on any atom is -0.504 e. The van der Waals surface area contributed by atoms with Crippen LogP contribution in [0.4, 0.5) is 0 Å². The number of aromatic hydroxyl groups is 13. The number of cyclic esters (lactones) is 2. The third-order valence-electron chi connectivity index (χ3n) is 11.6. The number of ether oxygens (including phenoxy) is 5. The van der Waals surface area contributed by atoms with Crippen molar-refractivity contribution in [3.05, 3.63) is 57.6 Å². The summed E-state index contributed by atoms with van der Waals surface area (Å²) < 4.78 is 27.5. The van der Waals surface area contributed by atoms with Crippen LogP contribution >= 0.6 is 0 Å². The maximum Gasteiger partial charge on any atom is 0.347 e. The summed E-state index contributed by atoms with van der Waals surface area (Å²) in [6.07, 6.45) is -10.8. The quantitative estimate of drug-likeness (QED) is 0.0495. The number of hydrogen-bond acceptors (Lipinski definition) is 25. The first-order chi connectivity index (χ1) is 31.5. The molecule has 5 aliphatic rings. The number of benzene rings is 5. The summed E-state index contributed by atoms with van der Waals surface area (Å²) in [6, 6.07) is 2.04. The molecule has 0 unspecified atom stereocenters. The highest BCUT2D eigenvalue weighted by molar-refractivity contribution is 6.13. The largest absolute Gasteiger partial charge is 0.504 e. The van der Waals surface area contributed by atoms with E-state index in [0.29, 0.717) is 24.3 Å². The first-order valence-electron chi connectivity index (χ1n) is 19.0. The van der Waals surface area contributed by atoms with E-state index in [9.17, 15) is 101 Å². The summed E-state index contributed by atoms with van der Waals surface area (Å²) in [5.41, 5.74) is -9.78. The molecule has 0 saturated heterocycles. The SMILES string of the molecule is O=C1Oc2c(c(O)cc3c2-c2c(cc(O)c(O)c2O)C(=O)O[C@@H]([C@@H]2CC(=O)c4cc(O)c(O)c(O)c4-c4c(O)c(O)c(O)c5c4C(=O)O[C@@H]2[C@@H]5O)[C@@H](O)COC3=O)Oc2c1cc(O)c(O)c2O. The molecule has 67 heavy (non-hydrogen) atoms. The molecule has 0 aromatic heterocycles. The zero-order valence-electron chi connectivity index (χ0n) is 32.9. The molecule has 5 atom stereocenters. The van der Waals surface area contributed by atoms with Crippen molar-refractivity contribution in [1.82, 2.24) is 0 Å². The number of phenolic OH excluding ortho intramolecular Hbond substituents is 13. The fourth-order valence-corrected chi connectivity index (χ4v) is 8.46. The molecule has 0 amide bonds. The fraction of sp³-hybridized carbons (Fsp3) is 0.167. The van der Waals surface area contributed by atoms with Gasteiger partial charge in [0.1, 0.15) is 36.6 Å². The van der Waals surface area contributed by atoms with E-state index in [1.807, 2.05) is 0 Å². The zero-order chi connectivity index (χ0) is 48.6. The lowest BCUT2D eigenvalue weighted by atomic mass is 9.75. The Morgan fingerprint density at radius 2 is 0.940 bits per heavy atom. The number of ketones is 1. The van der Waals surface area contributed by atoms with Crippen molar-refractivity contribution in [3.8, 4) is 114 Å². The Morgan fingerprint density at radius 3 is 1.58 bits per heavy atom. The fourth-order valence-electron chi connectivity index (χ4n) is 8.46. The number of esters is 4. The van der Waals surface area contributed by atoms with E-state index >= 15 is 0 Å². The molecule has 4 heterocycles. The molecule has 0 fully saturated rings. The maximum atomic E-state index is 14.6. The molecule has 346 valence electrons. The van der Waals surface area contributed by atoms with Crippen LogP contribution in [0.15, 0.2) is 24.3 Å². The van der Waals surface area contributed by atoms with Crippen molar-refractivity contribution in [2.75, 3.05) is 6.61 Å². The monoisotopic (exact) mass is 932 g/mol. The van der Waals surface area contributed by atoms with Crippen molar-refractivity contribution >= 4 is 29.7 Å². The summed E-state index contributed by atoms with van der Waals surface area (Å²) in [7, 11) is 0. The summed E-state index contributed by atoms with van der Waals surface area (Å²) in [5, 5.41) is 164. The Balaban J connectivity index is 1.26. The van der Waals surface area contributed by atoms with Crippen LogP contribution in [0.25, 0.3) is 22.3 Å². The molecular weight excluding hydrogens is 904 g/mol. The van der Waals surface area contributed by atoms with Gasteiger partial charge in [0.05, 0.1) is 16.7 Å². The van der Waals surface area contributed by atoms with E-state index < -0.39 is 221 Å². The lowest BCUT2D eigenvalue weighted by Crippen LogP contribution is -2.50. The average Bonchev–Trinajstić information content (AvgIpc) is 3.43. The van der Waals surface area contributed by atoms with Crippen molar-refractivity contribution in [1.29, 1.82) is 0 Å². The van der Waals surface area contributed by atoms with Crippen molar-refractivity contribution in [2.45, 2.75) is 30.8 Å². The van der Waals surface area contributed by atoms with E-state index in [1.165, 1.54) is 0 Å². The van der Waals surface area contributed by atoms with Gasteiger partial charge in [-0.3, -0.25) is 4.79 Å². The number of Topliss-reactive ketones (excluding diaryl/α,β-unsaturated/α-hetero) is 1. The van der Waals surface area contributed by atoms with Crippen LogP contribution in [-0.4, -0.2) is 131 Å². The molecule has 0 saturated carbocycles. The summed E-state index contributed by atoms with van der Waals surface area (Å²) >= 11 is 0. The van der Waals surface area contributed by atoms with Crippen LogP contribution in [0.2, 0.25) is 0 Å². The lowest BCUT2D eigenvalue weighted by Gasteiger charge is -2.40. The summed E-state index contributed by atoms with van der Waals surface area (Å²) in [5.74, 6) is -30.1. The van der Waals surface area contributed by atoms with E-state index in [1.54, 1.807) is 0 Å². The van der Waals surface area contributed by atoms with Crippen LogP contribution in [0.3, 0.4) is 0 Å². The second-order valence-electron chi connectivity index (χ2n) is 15.3. The van der Waals surface area contributed by atoms with E-state index in [4.69, 9.17) is 23.7 Å². The Hall–Kier alpha value is -9.23. The van der Waals surface area contributed by atoms with Crippen molar-refractivity contribution < 1.29 is 124 Å². The van der Waals surface area contributed by atoms with Gasteiger partial charge in [0.2, 0.25) is 34.5 Å². The highest BCUT2D eigenvalue weighted by atomic mass is 16.6. The second-order valence-corrected chi connectivity index (χ2v) is 15.3. The van der Waals surface area contributed by atoms with Crippen LogP contribution in [0.5, 0.6) is 92.0 Å². The van der Waals surface area contributed by atoms with Crippen LogP contribution in [-0.2, 0) is 14.2 Å². The molecule has 4 bridgehead atoms. The van der Waals surface area contributed by atoms with Gasteiger partial charge < -0.3 is 100 Å². The van der Waals surface area contributed by atoms with Gasteiger partial charge in [0.15, 0.2) is 63.3 Å². The van der Waals surface area contributed by atoms with Gasteiger partial charge >= 0.3 is 23.9 Å². The van der Waals surface area contributed by atoms with Crippen molar-refractivity contribution in [3.63, 3.8) is 0 Å². The van der Waals surface area contributed by atoms with Gasteiger partial charge in [-0.2, -0.15) is 0 Å². The first-order valence-corrected chi connectivity index (χ1v) is 19.0. The van der Waals surface area contributed by atoms with Crippen molar-refractivity contribution in [2.24, 2.45) is 5.92 Å². The molecule has 0 radical (unpaired) electrons. The number of aliphatic hydroxyl groups excluding tert-OH is 2. The molecule has 15 N–H and O–H groups in total.